The highest BCUT2D eigenvalue weighted by molar-refractivity contribution is 5.81. The van der Waals surface area contributed by atoms with Crippen molar-refractivity contribution < 1.29 is 19.1 Å². The maximum Gasteiger partial charge on any atom is 0.317 e. The average molecular weight is 387 g/mol. The largest absolute Gasteiger partial charge is 0.493 e. The number of hydrogen-bond donors (Lipinski definition) is 1. The highest BCUT2D eigenvalue weighted by Gasteiger charge is 2.34. The number of carbonyl (C=O) groups excluding carboxylic acids is 2. The van der Waals surface area contributed by atoms with Gasteiger partial charge in [0.05, 0.1) is 20.1 Å². The van der Waals surface area contributed by atoms with Crippen LogP contribution in [0, 0.1) is 5.92 Å². The Labute approximate surface area is 166 Å². The number of carbonyl (C=O) groups is 2. The lowest BCUT2D eigenvalue weighted by atomic mass is 9.93. The summed E-state index contributed by atoms with van der Waals surface area (Å²) in [6.45, 7) is 2.54. The number of nitrogens with one attached hydrogen (secondary N) is 1. The van der Waals surface area contributed by atoms with Crippen LogP contribution in [0.25, 0.3) is 0 Å². The number of amides is 3. The fraction of sp³-hybridized carbons (Fsp3) is 0.619. The molecule has 0 spiro atoms. The molecular weight excluding hydrogens is 358 g/mol. The minimum atomic E-state index is -0.111. The van der Waals surface area contributed by atoms with Crippen molar-refractivity contribution in [1.29, 1.82) is 0 Å². The van der Waals surface area contributed by atoms with Gasteiger partial charge in [-0.05, 0) is 55.4 Å². The van der Waals surface area contributed by atoms with E-state index in [0.29, 0.717) is 31.4 Å². The van der Waals surface area contributed by atoms with Gasteiger partial charge in [-0.3, -0.25) is 4.79 Å². The number of benzene rings is 1. The fourth-order valence-corrected chi connectivity index (χ4v) is 4.19. The lowest BCUT2D eigenvalue weighted by Crippen LogP contribution is -2.50. The lowest BCUT2D eigenvalue weighted by Gasteiger charge is -2.37. The van der Waals surface area contributed by atoms with Crippen molar-refractivity contribution in [2.24, 2.45) is 5.92 Å². The van der Waals surface area contributed by atoms with Crippen LogP contribution < -0.4 is 14.8 Å². The zero-order valence-corrected chi connectivity index (χ0v) is 16.7. The first-order chi connectivity index (χ1) is 13.6. The highest BCUT2D eigenvalue weighted by Crippen LogP contribution is 2.34. The molecule has 0 aromatic heterocycles. The predicted molar refractivity (Wildman–Crippen MR) is 105 cm³/mol. The summed E-state index contributed by atoms with van der Waals surface area (Å²) in [4.78, 5) is 29.3. The third-order valence-electron chi connectivity index (χ3n) is 5.99. The molecular formula is C21H29N3O4. The molecule has 3 amide bonds. The number of nitrogens with zero attached hydrogens (tertiary/aromatic N) is 2. The molecule has 1 unspecified atom stereocenters. The second-order valence-corrected chi connectivity index (χ2v) is 7.99. The topological polar surface area (TPSA) is 71.1 Å². The molecule has 1 saturated heterocycles. The molecule has 0 radical (unpaired) electrons. The Hall–Kier alpha value is -2.44. The van der Waals surface area contributed by atoms with E-state index in [4.69, 9.17) is 9.47 Å². The summed E-state index contributed by atoms with van der Waals surface area (Å²) in [6, 6.07) is 4.32. The second kappa shape index (κ2) is 7.89. The molecule has 1 aromatic carbocycles. The monoisotopic (exact) mass is 387 g/mol. The molecule has 7 heteroatoms. The third-order valence-corrected chi connectivity index (χ3v) is 5.99. The van der Waals surface area contributed by atoms with Crippen LogP contribution in [-0.4, -0.2) is 61.6 Å². The molecule has 1 N–H and O–H groups in total. The molecule has 7 nitrogen and oxygen atoms in total. The molecule has 28 heavy (non-hydrogen) atoms. The number of likely N-dealkylation sites (tertiary alicyclic amines) is 1. The zero-order valence-electron chi connectivity index (χ0n) is 16.7. The van der Waals surface area contributed by atoms with Crippen LogP contribution in [0.3, 0.4) is 0 Å². The highest BCUT2D eigenvalue weighted by atomic mass is 16.5. The molecule has 2 heterocycles. The summed E-state index contributed by atoms with van der Waals surface area (Å²) < 4.78 is 10.8. The van der Waals surface area contributed by atoms with Crippen molar-refractivity contribution >= 4 is 11.9 Å². The van der Waals surface area contributed by atoms with Gasteiger partial charge in [0.2, 0.25) is 5.91 Å². The van der Waals surface area contributed by atoms with Gasteiger partial charge in [0.1, 0.15) is 0 Å². The maximum absolute atomic E-state index is 13.2. The number of urea groups is 1. The van der Waals surface area contributed by atoms with Crippen LogP contribution in [-0.2, 0) is 17.8 Å². The Balaban J connectivity index is 1.41. The van der Waals surface area contributed by atoms with Crippen molar-refractivity contribution in [1.82, 2.24) is 15.1 Å². The summed E-state index contributed by atoms with van der Waals surface area (Å²) >= 11 is 0. The van der Waals surface area contributed by atoms with E-state index in [9.17, 15) is 9.59 Å². The van der Waals surface area contributed by atoms with E-state index in [1.807, 2.05) is 21.9 Å². The van der Waals surface area contributed by atoms with E-state index in [2.05, 4.69) is 5.32 Å². The summed E-state index contributed by atoms with van der Waals surface area (Å²) in [5, 5.41) is 3.04. The molecule has 1 saturated carbocycles. The molecule has 1 atom stereocenters. The van der Waals surface area contributed by atoms with Crippen LogP contribution in [0.5, 0.6) is 11.5 Å². The van der Waals surface area contributed by atoms with E-state index in [0.717, 1.165) is 50.0 Å². The number of hydrogen-bond acceptors (Lipinski definition) is 4. The van der Waals surface area contributed by atoms with Gasteiger partial charge in [0.25, 0.3) is 0 Å². The van der Waals surface area contributed by atoms with Gasteiger partial charge < -0.3 is 24.6 Å². The van der Waals surface area contributed by atoms with E-state index in [-0.39, 0.29) is 17.9 Å². The molecule has 4 rings (SSSR count). The summed E-state index contributed by atoms with van der Waals surface area (Å²) in [5.74, 6) is 1.46. The van der Waals surface area contributed by atoms with E-state index < -0.39 is 0 Å². The van der Waals surface area contributed by atoms with Crippen molar-refractivity contribution in [3.8, 4) is 11.5 Å². The average Bonchev–Trinajstić information content (AvgIpc) is 3.55. The van der Waals surface area contributed by atoms with Gasteiger partial charge in [-0.1, -0.05) is 0 Å². The number of piperidine rings is 1. The number of methoxy groups -OCH3 is 2. The smallest absolute Gasteiger partial charge is 0.317 e. The van der Waals surface area contributed by atoms with Crippen LogP contribution >= 0.6 is 0 Å². The van der Waals surface area contributed by atoms with Crippen molar-refractivity contribution in [3.05, 3.63) is 23.3 Å². The third kappa shape index (κ3) is 3.88. The Morgan fingerprint density at radius 2 is 1.71 bits per heavy atom. The van der Waals surface area contributed by atoms with E-state index >= 15 is 0 Å². The first-order valence-electron chi connectivity index (χ1n) is 10.2. The van der Waals surface area contributed by atoms with Gasteiger partial charge in [0, 0.05) is 32.2 Å². The van der Waals surface area contributed by atoms with Gasteiger partial charge in [-0.25, -0.2) is 4.79 Å². The molecule has 152 valence electrons. The molecule has 2 aliphatic heterocycles. The predicted octanol–water partition coefficient (Wildman–Crippen LogP) is 2.17. The molecule has 2 fully saturated rings. The first-order valence-corrected chi connectivity index (χ1v) is 10.2. The lowest BCUT2D eigenvalue weighted by molar-refractivity contribution is -0.137. The standard InChI is InChI=1S/C21H29N3O4/c1-27-18-10-14-7-9-23(13-16(14)11-19(18)28-2)20(25)15-4-3-8-24(12-15)21(26)22-17-5-6-17/h10-11,15,17H,3-9,12-13H2,1-2H3,(H,22,26). The van der Waals surface area contributed by atoms with Crippen molar-refractivity contribution in [2.45, 2.75) is 44.7 Å². The minimum Gasteiger partial charge on any atom is -0.493 e. The van der Waals surface area contributed by atoms with E-state index in [1.165, 1.54) is 5.56 Å². The summed E-state index contributed by atoms with van der Waals surface area (Å²) in [7, 11) is 3.26. The summed E-state index contributed by atoms with van der Waals surface area (Å²) in [6.07, 6.45) is 4.68. The van der Waals surface area contributed by atoms with Gasteiger partial charge >= 0.3 is 6.03 Å². The zero-order chi connectivity index (χ0) is 19.7. The maximum atomic E-state index is 13.2. The Kier molecular flexibility index (Phi) is 5.33. The summed E-state index contributed by atoms with van der Waals surface area (Å²) in [5.41, 5.74) is 2.31. The van der Waals surface area contributed by atoms with Crippen LogP contribution in [0.4, 0.5) is 4.79 Å². The van der Waals surface area contributed by atoms with Gasteiger partial charge in [-0.2, -0.15) is 0 Å². The Bertz CT molecular complexity index is 762. The van der Waals surface area contributed by atoms with E-state index in [1.54, 1.807) is 14.2 Å². The normalized spacial score (nSPS) is 21.7. The Morgan fingerprint density at radius 1 is 1.00 bits per heavy atom. The molecule has 3 aliphatic rings. The van der Waals surface area contributed by atoms with Crippen molar-refractivity contribution in [2.75, 3.05) is 33.9 Å². The van der Waals surface area contributed by atoms with Crippen LogP contribution in [0.1, 0.15) is 36.8 Å². The number of fused-ring (bicyclic) bond motifs is 1. The van der Waals surface area contributed by atoms with Crippen molar-refractivity contribution in [3.63, 3.8) is 0 Å². The quantitative estimate of drug-likeness (QED) is 0.860. The second-order valence-electron chi connectivity index (χ2n) is 7.99. The molecule has 0 bridgehead atoms. The SMILES string of the molecule is COc1cc2c(cc1OC)CN(C(=O)C1CCCN(C(=O)NC3CC3)C1)CC2. The first kappa shape index (κ1) is 18.9. The van der Waals surface area contributed by atoms with Crippen LogP contribution in [0.2, 0.25) is 0 Å². The van der Waals surface area contributed by atoms with Crippen LogP contribution in [0.15, 0.2) is 12.1 Å². The molecule has 1 aromatic rings. The van der Waals surface area contributed by atoms with Gasteiger partial charge in [0.15, 0.2) is 11.5 Å². The minimum absolute atomic E-state index is 0.0131. The van der Waals surface area contributed by atoms with Gasteiger partial charge in [-0.15, -0.1) is 0 Å². The Morgan fingerprint density at radius 3 is 2.39 bits per heavy atom. The fourth-order valence-electron chi connectivity index (χ4n) is 4.19. The number of rotatable bonds is 4. The number of ether oxygens (including phenoxy) is 2. The molecule has 1 aliphatic carbocycles.